The molecule has 4 N–H and O–H groups in total. The number of hydrogen-bond acceptors (Lipinski definition) is 8. The van der Waals surface area contributed by atoms with Gasteiger partial charge >= 0.3 is 7.12 Å². The first-order valence-electron chi connectivity index (χ1n) is 12.4. The minimum absolute atomic E-state index is 0.0138. The molecule has 1 aromatic heterocycles. The summed E-state index contributed by atoms with van der Waals surface area (Å²) in [6.07, 6.45) is 2.04. The van der Waals surface area contributed by atoms with Gasteiger partial charge < -0.3 is 20.2 Å². The first-order chi connectivity index (χ1) is 18.1. The number of oxime groups is 1. The van der Waals surface area contributed by atoms with E-state index >= 15 is 0 Å². The first kappa shape index (κ1) is 27.7. The number of pyridine rings is 1. The molecule has 0 saturated heterocycles. The lowest BCUT2D eigenvalue weighted by atomic mass is 9.74. The second-order valence-corrected chi connectivity index (χ2v) is 11.6. The van der Waals surface area contributed by atoms with Crippen LogP contribution in [0.5, 0.6) is 0 Å². The van der Waals surface area contributed by atoms with Crippen LogP contribution in [0, 0.1) is 5.92 Å². The van der Waals surface area contributed by atoms with E-state index in [9.17, 15) is 23.3 Å². The molecule has 1 amide bonds. The quantitative estimate of drug-likeness (QED) is 0.272. The van der Waals surface area contributed by atoms with E-state index in [1.807, 2.05) is 44.2 Å². The Kier molecular flexibility index (Phi) is 8.46. The predicted molar refractivity (Wildman–Crippen MR) is 145 cm³/mol. The van der Waals surface area contributed by atoms with Crippen molar-refractivity contribution in [3.63, 3.8) is 0 Å². The molecule has 0 aliphatic carbocycles. The standard InChI is InChI=1S/C26H31BN4O6S/c1-18(2)14-23(27(33)34)30-25(32)26(15-19-8-4-3-5-9-19)16-21(31-37-26)17-29-38(35,36)22-12-6-10-20-11-7-13-28-24(20)22/h3-13,18,23,29,33-34H,14-17H2,1-2H3,(H,30,32)/t23-,26?/m0/s1. The fourth-order valence-corrected chi connectivity index (χ4v) is 5.67. The molecule has 0 bridgehead atoms. The molecule has 0 fully saturated rings. The topological polar surface area (TPSA) is 150 Å². The number of carbonyl (C=O) groups is 1. The van der Waals surface area contributed by atoms with Crippen molar-refractivity contribution >= 4 is 39.7 Å². The monoisotopic (exact) mass is 538 g/mol. The molecular weight excluding hydrogens is 507 g/mol. The molecular formula is C26H31BN4O6S. The van der Waals surface area contributed by atoms with Crippen LogP contribution >= 0.6 is 0 Å². The molecule has 2 heterocycles. The van der Waals surface area contributed by atoms with Crippen molar-refractivity contribution in [2.75, 3.05) is 6.54 Å². The lowest BCUT2D eigenvalue weighted by Crippen LogP contribution is -2.56. The van der Waals surface area contributed by atoms with Crippen molar-refractivity contribution in [1.82, 2.24) is 15.0 Å². The van der Waals surface area contributed by atoms with E-state index in [2.05, 4.69) is 20.2 Å². The third-order valence-corrected chi connectivity index (χ3v) is 7.77. The number of nitrogens with one attached hydrogen (secondary N) is 2. The Morgan fingerprint density at radius 1 is 1.11 bits per heavy atom. The minimum atomic E-state index is -3.95. The Morgan fingerprint density at radius 3 is 2.55 bits per heavy atom. The zero-order valence-electron chi connectivity index (χ0n) is 21.2. The van der Waals surface area contributed by atoms with E-state index in [-0.39, 0.29) is 30.2 Å². The van der Waals surface area contributed by atoms with Crippen LogP contribution in [-0.2, 0) is 26.1 Å². The summed E-state index contributed by atoms with van der Waals surface area (Å²) < 4.78 is 28.8. The highest BCUT2D eigenvalue weighted by atomic mass is 32.2. The summed E-state index contributed by atoms with van der Waals surface area (Å²) in [5, 5.41) is 27.1. The van der Waals surface area contributed by atoms with Crippen LogP contribution in [0.15, 0.2) is 76.9 Å². The number of sulfonamides is 1. The van der Waals surface area contributed by atoms with Crippen LogP contribution in [0.1, 0.15) is 32.3 Å². The molecule has 0 saturated carbocycles. The average molecular weight is 538 g/mol. The second-order valence-electron chi connectivity index (χ2n) is 9.86. The van der Waals surface area contributed by atoms with Gasteiger partial charge in [-0.25, -0.2) is 13.1 Å². The Labute approximate surface area is 222 Å². The fraction of sp³-hybridized carbons (Fsp3) is 0.346. The summed E-state index contributed by atoms with van der Waals surface area (Å²) >= 11 is 0. The zero-order chi connectivity index (χ0) is 27.3. The maximum atomic E-state index is 13.5. The maximum absolute atomic E-state index is 13.5. The van der Waals surface area contributed by atoms with Gasteiger partial charge in [0.1, 0.15) is 4.90 Å². The Balaban J connectivity index is 1.52. The number of nitrogens with zero attached hydrogens (tertiary/aromatic N) is 2. The Hall–Kier alpha value is -3.32. The van der Waals surface area contributed by atoms with E-state index in [1.165, 1.54) is 12.3 Å². The van der Waals surface area contributed by atoms with Crippen molar-refractivity contribution in [3.05, 3.63) is 72.4 Å². The summed E-state index contributed by atoms with van der Waals surface area (Å²) in [6.45, 7) is 3.64. The Bertz CT molecular complexity index is 1410. The normalized spacial score (nSPS) is 18.2. The van der Waals surface area contributed by atoms with Crippen LogP contribution in [0.4, 0.5) is 0 Å². The van der Waals surface area contributed by atoms with Gasteiger partial charge in [-0.1, -0.05) is 67.5 Å². The van der Waals surface area contributed by atoms with Crippen molar-refractivity contribution in [2.45, 2.75) is 49.5 Å². The number of benzene rings is 2. The van der Waals surface area contributed by atoms with Crippen LogP contribution in [0.3, 0.4) is 0 Å². The molecule has 12 heteroatoms. The summed E-state index contributed by atoms with van der Waals surface area (Å²) in [7, 11) is -5.70. The van der Waals surface area contributed by atoms with Crippen LogP contribution in [0.2, 0.25) is 0 Å². The molecule has 0 radical (unpaired) electrons. The third-order valence-electron chi connectivity index (χ3n) is 6.34. The molecule has 1 unspecified atom stereocenters. The largest absolute Gasteiger partial charge is 0.475 e. The van der Waals surface area contributed by atoms with Crippen molar-refractivity contribution < 1.29 is 28.1 Å². The molecule has 1 aliphatic heterocycles. The summed E-state index contributed by atoms with van der Waals surface area (Å²) in [5.41, 5.74) is 0.0145. The molecule has 0 spiro atoms. The van der Waals surface area contributed by atoms with Crippen molar-refractivity contribution in [2.24, 2.45) is 11.1 Å². The Morgan fingerprint density at radius 2 is 1.84 bits per heavy atom. The van der Waals surface area contributed by atoms with E-state index in [1.54, 1.807) is 24.3 Å². The van der Waals surface area contributed by atoms with E-state index in [0.717, 1.165) is 5.56 Å². The molecule has 2 aromatic carbocycles. The number of rotatable bonds is 11. The van der Waals surface area contributed by atoms with Gasteiger partial charge in [0.25, 0.3) is 5.91 Å². The molecule has 1 aliphatic rings. The lowest BCUT2D eigenvalue weighted by molar-refractivity contribution is -0.144. The van der Waals surface area contributed by atoms with Gasteiger partial charge in [0.2, 0.25) is 15.6 Å². The highest BCUT2D eigenvalue weighted by Crippen LogP contribution is 2.30. The third kappa shape index (κ3) is 6.39. The highest BCUT2D eigenvalue weighted by Gasteiger charge is 2.48. The van der Waals surface area contributed by atoms with Gasteiger partial charge in [0.15, 0.2) is 0 Å². The van der Waals surface area contributed by atoms with Gasteiger partial charge in [0.05, 0.1) is 23.7 Å². The number of carbonyl (C=O) groups excluding carboxylic acids is 1. The van der Waals surface area contributed by atoms with Gasteiger partial charge in [-0.3, -0.25) is 9.78 Å². The first-order valence-corrected chi connectivity index (χ1v) is 13.9. The summed E-state index contributed by atoms with van der Waals surface area (Å²) in [6, 6.07) is 17.6. The molecule has 200 valence electrons. The summed E-state index contributed by atoms with van der Waals surface area (Å²) in [5.74, 6) is -1.36. The molecule has 2 atom stereocenters. The van der Waals surface area contributed by atoms with E-state index < -0.39 is 34.6 Å². The minimum Gasteiger partial charge on any atom is -0.426 e. The van der Waals surface area contributed by atoms with Gasteiger partial charge in [-0.05, 0) is 30.0 Å². The van der Waals surface area contributed by atoms with E-state index in [0.29, 0.717) is 23.0 Å². The fourth-order valence-electron chi connectivity index (χ4n) is 4.48. The second kappa shape index (κ2) is 11.6. The average Bonchev–Trinajstić information content (AvgIpc) is 3.31. The molecule has 3 aromatic rings. The predicted octanol–water partition coefficient (Wildman–Crippen LogP) is 1.81. The van der Waals surface area contributed by atoms with Crippen LogP contribution < -0.4 is 10.0 Å². The van der Waals surface area contributed by atoms with Crippen LogP contribution in [-0.4, -0.2) is 60.3 Å². The van der Waals surface area contributed by atoms with Crippen molar-refractivity contribution in [3.8, 4) is 0 Å². The van der Waals surface area contributed by atoms with Gasteiger partial charge in [0, 0.05) is 24.4 Å². The molecule has 38 heavy (non-hydrogen) atoms. The number of fused-ring (bicyclic) bond motifs is 1. The van der Waals surface area contributed by atoms with Crippen LogP contribution in [0.25, 0.3) is 10.9 Å². The number of para-hydroxylation sites is 1. The lowest BCUT2D eigenvalue weighted by Gasteiger charge is -2.29. The van der Waals surface area contributed by atoms with Crippen molar-refractivity contribution in [1.29, 1.82) is 0 Å². The molecule has 4 rings (SSSR count). The maximum Gasteiger partial charge on any atom is 0.475 e. The number of aromatic nitrogens is 1. The SMILES string of the molecule is CC(C)C[C@H](NC(=O)C1(Cc2ccccc2)CC(CNS(=O)(=O)c2cccc3cccnc23)=NO1)B(O)O. The number of amides is 1. The number of hydrogen-bond donors (Lipinski definition) is 4. The summed E-state index contributed by atoms with van der Waals surface area (Å²) in [4.78, 5) is 23.5. The smallest absolute Gasteiger partial charge is 0.426 e. The van der Waals surface area contributed by atoms with Gasteiger partial charge in [-0.2, -0.15) is 0 Å². The van der Waals surface area contributed by atoms with Gasteiger partial charge in [-0.15, -0.1) is 0 Å². The highest BCUT2D eigenvalue weighted by molar-refractivity contribution is 7.89. The molecule has 10 nitrogen and oxygen atoms in total. The van der Waals surface area contributed by atoms with E-state index in [4.69, 9.17) is 4.84 Å². The zero-order valence-corrected chi connectivity index (χ0v) is 22.1.